The number of esters is 1. The van der Waals surface area contributed by atoms with Crippen molar-refractivity contribution in [3.63, 3.8) is 0 Å². The first-order valence-electron chi connectivity index (χ1n) is 9.89. The van der Waals surface area contributed by atoms with E-state index in [1.165, 1.54) is 0 Å². The van der Waals surface area contributed by atoms with E-state index in [4.69, 9.17) is 9.47 Å². The van der Waals surface area contributed by atoms with Crippen molar-refractivity contribution in [2.24, 2.45) is 0 Å². The molecule has 1 aromatic heterocycles. The van der Waals surface area contributed by atoms with E-state index in [0.29, 0.717) is 5.03 Å². The summed E-state index contributed by atoms with van der Waals surface area (Å²) in [7, 11) is 0. The van der Waals surface area contributed by atoms with Crippen molar-refractivity contribution in [1.82, 2.24) is 10.3 Å². The molecule has 0 saturated heterocycles. The number of ether oxygens (including phenoxy) is 2. The number of amides is 1. The van der Waals surface area contributed by atoms with E-state index in [1.807, 2.05) is 60.7 Å². The Morgan fingerprint density at radius 3 is 2.00 bits per heavy atom. The first kappa shape index (κ1) is 23.0. The zero-order valence-corrected chi connectivity index (χ0v) is 18.0. The number of nitrogens with zero attached hydrogens (tertiary/aromatic N) is 1. The summed E-state index contributed by atoms with van der Waals surface area (Å²) in [6.07, 6.45) is 0.488. The Morgan fingerprint density at radius 2 is 1.41 bits per heavy atom. The van der Waals surface area contributed by atoms with E-state index >= 15 is 0 Å². The second-order valence-corrected chi connectivity index (χ2v) is 7.78. The summed E-state index contributed by atoms with van der Waals surface area (Å²) < 4.78 is 10.5. The summed E-state index contributed by atoms with van der Waals surface area (Å²) in [5, 5.41) is 2.61. The smallest absolute Gasteiger partial charge is 0.408 e. The standard InChI is InChI=1S/C24H22N2O5S/c27-22(32-21-13-7-8-14-25-21)15-20(23(28)30-16-18-9-3-1-4-10-18)26-24(29)31-17-19-11-5-2-6-12-19/h1-14,20H,15-17H2,(H,26,29)/t20-/m0/s1. The molecule has 0 fully saturated rings. The third-order valence-corrected chi connectivity index (χ3v) is 5.09. The average molecular weight is 451 g/mol. The molecule has 1 atom stereocenters. The van der Waals surface area contributed by atoms with Crippen LogP contribution in [0.4, 0.5) is 4.79 Å². The van der Waals surface area contributed by atoms with Gasteiger partial charge in [-0.25, -0.2) is 14.6 Å². The second kappa shape index (κ2) is 12.3. The molecule has 3 aromatic rings. The molecule has 3 rings (SSSR count). The van der Waals surface area contributed by atoms with Crippen LogP contribution in [0.5, 0.6) is 0 Å². The number of thioether (sulfide) groups is 1. The highest BCUT2D eigenvalue weighted by molar-refractivity contribution is 8.13. The molecule has 32 heavy (non-hydrogen) atoms. The molecule has 1 heterocycles. The Balaban J connectivity index is 1.60. The van der Waals surface area contributed by atoms with E-state index in [9.17, 15) is 14.4 Å². The third-order valence-electron chi connectivity index (χ3n) is 4.24. The van der Waals surface area contributed by atoms with Crippen molar-refractivity contribution >= 4 is 28.9 Å². The molecule has 164 valence electrons. The van der Waals surface area contributed by atoms with Crippen LogP contribution in [0, 0.1) is 0 Å². The summed E-state index contributed by atoms with van der Waals surface area (Å²) >= 11 is 0.891. The maximum atomic E-state index is 12.6. The van der Waals surface area contributed by atoms with Gasteiger partial charge in [-0.1, -0.05) is 66.7 Å². The summed E-state index contributed by atoms with van der Waals surface area (Å²) in [4.78, 5) is 41.5. The van der Waals surface area contributed by atoms with Gasteiger partial charge in [-0.2, -0.15) is 0 Å². The summed E-state index contributed by atoms with van der Waals surface area (Å²) in [5.74, 6) is -0.722. The van der Waals surface area contributed by atoms with Gasteiger partial charge < -0.3 is 14.8 Å². The number of hydrogen-bond acceptors (Lipinski definition) is 7. The largest absolute Gasteiger partial charge is 0.459 e. The zero-order chi connectivity index (χ0) is 22.6. The molecule has 8 heteroatoms. The lowest BCUT2D eigenvalue weighted by Gasteiger charge is -2.17. The second-order valence-electron chi connectivity index (χ2n) is 6.70. The molecule has 7 nitrogen and oxygen atoms in total. The van der Waals surface area contributed by atoms with Gasteiger partial charge in [-0.05, 0) is 35.0 Å². The van der Waals surface area contributed by atoms with Crippen molar-refractivity contribution in [3.05, 3.63) is 96.2 Å². The fraction of sp³-hybridized carbons (Fsp3) is 0.167. The summed E-state index contributed by atoms with van der Waals surface area (Å²) in [6.45, 7) is 0.0631. The highest BCUT2D eigenvalue weighted by atomic mass is 32.2. The van der Waals surface area contributed by atoms with Gasteiger partial charge in [0.2, 0.25) is 0 Å². The lowest BCUT2D eigenvalue weighted by Crippen LogP contribution is -2.43. The van der Waals surface area contributed by atoms with E-state index in [-0.39, 0.29) is 24.7 Å². The number of rotatable bonds is 9. The molecular formula is C24H22N2O5S. The molecule has 0 aliphatic rings. The quantitative estimate of drug-likeness (QED) is 0.387. The molecule has 0 aliphatic heterocycles. The van der Waals surface area contributed by atoms with Gasteiger partial charge in [-0.15, -0.1) is 0 Å². The molecule has 0 radical (unpaired) electrons. The minimum Gasteiger partial charge on any atom is -0.459 e. The predicted octanol–water partition coefficient (Wildman–Crippen LogP) is 4.13. The van der Waals surface area contributed by atoms with Gasteiger partial charge in [0, 0.05) is 12.6 Å². The van der Waals surface area contributed by atoms with Crippen LogP contribution in [-0.4, -0.2) is 28.2 Å². The normalized spacial score (nSPS) is 11.2. The van der Waals surface area contributed by atoms with Crippen molar-refractivity contribution in [2.75, 3.05) is 0 Å². The third kappa shape index (κ3) is 7.88. The Kier molecular flexibility index (Phi) is 8.82. The number of carbonyl (C=O) groups is 3. The number of hydrogen-bond donors (Lipinski definition) is 1. The van der Waals surface area contributed by atoms with Gasteiger partial charge in [0.25, 0.3) is 0 Å². The first-order valence-corrected chi connectivity index (χ1v) is 10.7. The van der Waals surface area contributed by atoms with E-state index in [1.54, 1.807) is 24.4 Å². The Hall–Kier alpha value is -3.65. The summed E-state index contributed by atoms with van der Waals surface area (Å²) in [5.41, 5.74) is 1.59. The zero-order valence-electron chi connectivity index (χ0n) is 17.2. The van der Waals surface area contributed by atoms with Crippen LogP contribution in [0.15, 0.2) is 90.1 Å². The highest BCUT2D eigenvalue weighted by Gasteiger charge is 2.27. The van der Waals surface area contributed by atoms with Gasteiger partial charge in [-0.3, -0.25) is 4.79 Å². The number of alkyl carbamates (subject to hydrolysis) is 1. The molecular weight excluding hydrogens is 428 g/mol. The molecule has 0 unspecified atom stereocenters. The van der Waals surface area contributed by atoms with Crippen LogP contribution in [0.25, 0.3) is 0 Å². The number of benzene rings is 2. The molecule has 0 saturated carbocycles. The SMILES string of the molecule is O=C(N[C@@H](CC(=O)Sc1ccccn1)C(=O)OCc1ccccc1)OCc1ccccc1. The molecule has 0 bridgehead atoms. The van der Waals surface area contributed by atoms with Crippen LogP contribution < -0.4 is 5.32 Å². The van der Waals surface area contributed by atoms with Gasteiger partial charge in [0.15, 0.2) is 5.12 Å². The lowest BCUT2D eigenvalue weighted by molar-refractivity contribution is -0.148. The van der Waals surface area contributed by atoms with Gasteiger partial charge in [0.1, 0.15) is 24.3 Å². The van der Waals surface area contributed by atoms with Crippen LogP contribution in [0.1, 0.15) is 17.5 Å². The molecule has 2 aromatic carbocycles. The number of nitrogens with one attached hydrogen (secondary N) is 1. The first-order chi connectivity index (χ1) is 15.6. The van der Waals surface area contributed by atoms with E-state index in [2.05, 4.69) is 10.3 Å². The van der Waals surface area contributed by atoms with Crippen LogP contribution in [-0.2, 0) is 32.3 Å². The van der Waals surface area contributed by atoms with Crippen LogP contribution in [0.3, 0.4) is 0 Å². The maximum absolute atomic E-state index is 12.6. The number of pyridine rings is 1. The molecule has 0 spiro atoms. The van der Waals surface area contributed by atoms with Gasteiger partial charge in [0.05, 0.1) is 0 Å². The fourth-order valence-corrected chi connectivity index (χ4v) is 3.41. The van der Waals surface area contributed by atoms with Crippen LogP contribution >= 0.6 is 11.8 Å². The van der Waals surface area contributed by atoms with E-state index in [0.717, 1.165) is 22.9 Å². The minimum absolute atomic E-state index is 0.0263. The maximum Gasteiger partial charge on any atom is 0.408 e. The average Bonchev–Trinajstić information content (AvgIpc) is 2.83. The van der Waals surface area contributed by atoms with Gasteiger partial charge >= 0.3 is 12.1 Å². The highest BCUT2D eigenvalue weighted by Crippen LogP contribution is 2.18. The molecule has 1 amide bonds. The van der Waals surface area contributed by atoms with Crippen molar-refractivity contribution in [1.29, 1.82) is 0 Å². The Labute approximate surface area is 190 Å². The molecule has 1 N–H and O–H groups in total. The monoisotopic (exact) mass is 450 g/mol. The topological polar surface area (TPSA) is 94.6 Å². The van der Waals surface area contributed by atoms with Crippen LogP contribution in [0.2, 0.25) is 0 Å². The number of aromatic nitrogens is 1. The summed E-state index contributed by atoms with van der Waals surface area (Å²) in [6, 6.07) is 22.3. The number of carbonyl (C=O) groups excluding carboxylic acids is 3. The minimum atomic E-state index is -1.19. The predicted molar refractivity (Wildman–Crippen MR) is 120 cm³/mol. The van der Waals surface area contributed by atoms with E-state index < -0.39 is 18.1 Å². The Bertz CT molecular complexity index is 1020. The lowest BCUT2D eigenvalue weighted by atomic mass is 10.2. The van der Waals surface area contributed by atoms with Crippen molar-refractivity contribution in [2.45, 2.75) is 30.7 Å². The van der Waals surface area contributed by atoms with Crippen molar-refractivity contribution in [3.8, 4) is 0 Å². The van der Waals surface area contributed by atoms with Crippen molar-refractivity contribution < 1.29 is 23.9 Å². The fourth-order valence-electron chi connectivity index (χ4n) is 2.66. The Morgan fingerprint density at radius 1 is 0.812 bits per heavy atom. The molecule has 0 aliphatic carbocycles.